The van der Waals surface area contributed by atoms with Crippen molar-refractivity contribution in [1.82, 2.24) is 15.0 Å². The maximum Gasteiger partial charge on any atom is 0.221 e. The third-order valence-electron chi connectivity index (χ3n) is 2.53. The molecule has 2 heterocycles. The van der Waals surface area contributed by atoms with Crippen LogP contribution >= 0.6 is 0 Å². The predicted octanol–water partition coefficient (Wildman–Crippen LogP) is 2.27. The quantitative estimate of drug-likeness (QED) is 0.686. The number of nitrogens with two attached hydrogens (primary N) is 1. The number of fused-ring (bicyclic) bond motifs is 1. The number of benzene rings is 1. The number of aromatic nitrogens is 3. The number of hydrogen-bond acceptors (Lipinski definition) is 4. The summed E-state index contributed by atoms with van der Waals surface area (Å²) in [5.74, 6) is 0.268. The zero-order valence-electron chi connectivity index (χ0n) is 9.04. The Bertz CT molecular complexity index is 665. The van der Waals surface area contributed by atoms with Gasteiger partial charge in [-0.2, -0.15) is 0 Å². The standard InChI is InChI=1S/C13H10N4/c14-13-16-10-6-2-1-5-9(10)12(17-13)11-7-3-4-8-15-11/h1-8H,(H2,14,16,17). The van der Waals surface area contributed by atoms with E-state index in [2.05, 4.69) is 15.0 Å². The molecule has 82 valence electrons. The molecule has 0 bridgehead atoms. The van der Waals surface area contributed by atoms with Gasteiger partial charge in [0.2, 0.25) is 5.95 Å². The highest BCUT2D eigenvalue weighted by Gasteiger charge is 2.08. The van der Waals surface area contributed by atoms with Crippen LogP contribution in [0.2, 0.25) is 0 Å². The fourth-order valence-corrected chi connectivity index (χ4v) is 1.79. The Kier molecular flexibility index (Phi) is 2.19. The third-order valence-corrected chi connectivity index (χ3v) is 2.53. The second-order valence-corrected chi connectivity index (χ2v) is 3.66. The molecule has 3 rings (SSSR count). The maximum absolute atomic E-state index is 5.71. The van der Waals surface area contributed by atoms with Gasteiger partial charge < -0.3 is 5.73 Å². The number of para-hydroxylation sites is 1. The Morgan fingerprint density at radius 2 is 1.71 bits per heavy atom. The normalized spacial score (nSPS) is 10.6. The van der Waals surface area contributed by atoms with Gasteiger partial charge in [0, 0.05) is 11.6 Å². The van der Waals surface area contributed by atoms with Gasteiger partial charge in [-0.05, 0) is 18.2 Å². The summed E-state index contributed by atoms with van der Waals surface area (Å²) in [4.78, 5) is 12.8. The summed E-state index contributed by atoms with van der Waals surface area (Å²) in [6, 6.07) is 13.5. The van der Waals surface area contributed by atoms with Gasteiger partial charge in [-0.15, -0.1) is 0 Å². The van der Waals surface area contributed by atoms with E-state index >= 15 is 0 Å². The number of nitrogens with zero attached hydrogens (tertiary/aromatic N) is 3. The summed E-state index contributed by atoms with van der Waals surface area (Å²) in [5, 5.41) is 0.959. The molecule has 1 aromatic carbocycles. The topological polar surface area (TPSA) is 64.7 Å². The number of anilines is 1. The Hall–Kier alpha value is -2.49. The Morgan fingerprint density at radius 1 is 0.882 bits per heavy atom. The van der Waals surface area contributed by atoms with Crippen molar-refractivity contribution < 1.29 is 0 Å². The van der Waals surface area contributed by atoms with E-state index in [9.17, 15) is 0 Å². The van der Waals surface area contributed by atoms with Crippen LogP contribution in [0, 0.1) is 0 Å². The zero-order valence-corrected chi connectivity index (χ0v) is 9.04. The van der Waals surface area contributed by atoms with E-state index in [4.69, 9.17) is 5.73 Å². The molecule has 0 radical (unpaired) electrons. The van der Waals surface area contributed by atoms with Gasteiger partial charge in [0.15, 0.2) is 0 Å². The van der Waals surface area contributed by atoms with Gasteiger partial charge in [0.05, 0.1) is 11.2 Å². The minimum Gasteiger partial charge on any atom is -0.368 e. The Labute approximate surface area is 98.2 Å². The molecule has 17 heavy (non-hydrogen) atoms. The largest absolute Gasteiger partial charge is 0.368 e. The van der Waals surface area contributed by atoms with E-state index in [0.717, 1.165) is 22.3 Å². The molecule has 0 fully saturated rings. The lowest BCUT2D eigenvalue weighted by molar-refractivity contribution is 1.21. The number of pyridine rings is 1. The molecular formula is C13H10N4. The third kappa shape index (κ3) is 1.69. The number of rotatable bonds is 1. The van der Waals surface area contributed by atoms with Crippen LogP contribution in [0.25, 0.3) is 22.3 Å². The van der Waals surface area contributed by atoms with Gasteiger partial charge in [0.25, 0.3) is 0 Å². The van der Waals surface area contributed by atoms with E-state index < -0.39 is 0 Å². The molecule has 0 aliphatic carbocycles. The van der Waals surface area contributed by atoms with Crippen molar-refractivity contribution in [3.05, 3.63) is 48.7 Å². The SMILES string of the molecule is Nc1nc(-c2ccccn2)c2ccccc2n1. The van der Waals surface area contributed by atoms with Crippen molar-refractivity contribution in [3.8, 4) is 11.4 Å². The van der Waals surface area contributed by atoms with Crippen LogP contribution in [0.4, 0.5) is 5.95 Å². The van der Waals surface area contributed by atoms with Crippen LogP contribution in [0.3, 0.4) is 0 Å². The smallest absolute Gasteiger partial charge is 0.221 e. The molecule has 0 atom stereocenters. The van der Waals surface area contributed by atoms with Gasteiger partial charge in [-0.1, -0.05) is 24.3 Å². The van der Waals surface area contributed by atoms with Gasteiger partial charge in [-0.25, -0.2) is 9.97 Å². The van der Waals surface area contributed by atoms with Crippen LogP contribution in [-0.4, -0.2) is 15.0 Å². The van der Waals surface area contributed by atoms with Crippen molar-refractivity contribution in [1.29, 1.82) is 0 Å². The first-order valence-electron chi connectivity index (χ1n) is 5.28. The molecule has 0 spiro atoms. The fraction of sp³-hybridized carbons (Fsp3) is 0. The Balaban J connectivity index is 2.36. The lowest BCUT2D eigenvalue weighted by atomic mass is 10.1. The molecule has 0 aliphatic heterocycles. The zero-order chi connectivity index (χ0) is 11.7. The molecule has 0 saturated carbocycles. The molecule has 4 heteroatoms. The minimum atomic E-state index is 0.268. The summed E-state index contributed by atoms with van der Waals surface area (Å²) in [6.45, 7) is 0. The first-order valence-corrected chi connectivity index (χ1v) is 5.28. The van der Waals surface area contributed by atoms with Crippen molar-refractivity contribution in [2.75, 3.05) is 5.73 Å². The number of nitrogen functional groups attached to an aromatic ring is 1. The van der Waals surface area contributed by atoms with Crippen molar-refractivity contribution >= 4 is 16.9 Å². The van der Waals surface area contributed by atoms with Crippen molar-refractivity contribution in [2.24, 2.45) is 0 Å². The van der Waals surface area contributed by atoms with Crippen LogP contribution in [-0.2, 0) is 0 Å². The molecule has 4 nitrogen and oxygen atoms in total. The molecule has 0 amide bonds. The maximum atomic E-state index is 5.71. The molecular weight excluding hydrogens is 212 g/mol. The average molecular weight is 222 g/mol. The molecule has 0 aliphatic rings. The fourth-order valence-electron chi connectivity index (χ4n) is 1.79. The van der Waals surface area contributed by atoms with Crippen LogP contribution in [0.15, 0.2) is 48.7 Å². The highest BCUT2D eigenvalue weighted by Crippen LogP contribution is 2.24. The Morgan fingerprint density at radius 3 is 2.53 bits per heavy atom. The average Bonchev–Trinajstić information content (AvgIpc) is 2.39. The van der Waals surface area contributed by atoms with Crippen LogP contribution in [0.5, 0.6) is 0 Å². The lowest BCUT2D eigenvalue weighted by Gasteiger charge is -2.05. The van der Waals surface area contributed by atoms with E-state index in [1.54, 1.807) is 6.20 Å². The van der Waals surface area contributed by atoms with E-state index in [1.807, 2.05) is 42.5 Å². The molecule has 0 saturated heterocycles. The lowest BCUT2D eigenvalue weighted by Crippen LogP contribution is -1.98. The van der Waals surface area contributed by atoms with E-state index in [1.165, 1.54) is 0 Å². The monoisotopic (exact) mass is 222 g/mol. The van der Waals surface area contributed by atoms with E-state index in [0.29, 0.717) is 0 Å². The first kappa shape index (κ1) is 9.72. The second kappa shape index (κ2) is 3.83. The predicted molar refractivity (Wildman–Crippen MR) is 67.2 cm³/mol. The molecule has 3 aromatic rings. The van der Waals surface area contributed by atoms with Crippen LogP contribution in [0.1, 0.15) is 0 Å². The molecule has 0 unspecified atom stereocenters. The van der Waals surface area contributed by atoms with Gasteiger partial charge in [0.1, 0.15) is 5.69 Å². The van der Waals surface area contributed by atoms with E-state index in [-0.39, 0.29) is 5.95 Å². The summed E-state index contributed by atoms with van der Waals surface area (Å²) in [5.41, 5.74) is 8.12. The number of hydrogen-bond donors (Lipinski definition) is 1. The molecule has 2 aromatic heterocycles. The highest BCUT2D eigenvalue weighted by molar-refractivity contribution is 5.91. The summed E-state index contributed by atoms with van der Waals surface area (Å²) >= 11 is 0. The second-order valence-electron chi connectivity index (χ2n) is 3.66. The highest BCUT2D eigenvalue weighted by atomic mass is 15.0. The van der Waals surface area contributed by atoms with Crippen LogP contribution < -0.4 is 5.73 Å². The molecule has 2 N–H and O–H groups in total. The van der Waals surface area contributed by atoms with Gasteiger partial charge in [-0.3, -0.25) is 4.98 Å². The summed E-state index contributed by atoms with van der Waals surface area (Å²) < 4.78 is 0. The van der Waals surface area contributed by atoms with Gasteiger partial charge >= 0.3 is 0 Å². The van der Waals surface area contributed by atoms with Crippen molar-refractivity contribution in [2.45, 2.75) is 0 Å². The summed E-state index contributed by atoms with van der Waals surface area (Å²) in [6.07, 6.45) is 1.74. The summed E-state index contributed by atoms with van der Waals surface area (Å²) in [7, 11) is 0. The first-order chi connectivity index (χ1) is 8.34. The minimum absolute atomic E-state index is 0.268. The van der Waals surface area contributed by atoms with Crippen molar-refractivity contribution in [3.63, 3.8) is 0 Å².